The second-order valence-corrected chi connectivity index (χ2v) is 6.76. The Hall–Kier alpha value is -2.66. The van der Waals surface area contributed by atoms with Crippen LogP contribution in [0.25, 0.3) is 0 Å². The van der Waals surface area contributed by atoms with Gasteiger partial charge in [0.2, 0.25) is 0 Å². The third kappa shape index (κ3) is 5.16. The zero-order valence-electron chi connectivity index (χ0n) is 13.8. The fourth-order valence-corrected chi connectivity index (χ4v) is 3.32. The molecule has 1 heterocycles. The van der Waals surface area contributed by atoms with Crippen LogP contribution in [0.15, 0.2) is 60.0 Å². The summed E-state index contributed by atoms with van der Waals surface area (Å²) in [6.07, 6.45) is 2.45. The summed E-state index contributed by atoms with van der Waals surface area (Å²) in [5.41, 5.74) is 2.82. The number of aryl methyl sites for hydroxylation is 1. The van der Waals surface area contributed by atoms with Gasteiger partial charge in [0.1, 0.15) is 11.4 Å². The highest BCUT2D eigenvalue weighted by Gasteiger charge is 2.10. The number of nitrogens with zero attached hydrogens (tertiary/aromatic N) is 1. The van der Waals surface area contributed by atoms with Gasteiger partial charge < -0.3 is 10.4 Å². The zero-order valence-corrected chi connectivity index (χ0v) is 14.6. The van der Waals surface area contributed by atoms with E-state index in [9.17, 15) is 9.90 Å². The molecule has 0 fully saturated rings. The van der Waals surface area contributed by atoms with Crippen molar-refractivity contribution in [2.45, 2.75) is 19.3 Å². The molecule has 0 aliphatic heterocycles. The first-order chi connectivity index (χ1) is 12.2. The van der Waals surface area contributed by atoms with Gasteiger partial charge in [-0.3, -0.25) is 4.79 Å². The lowest BCUT2D eigenvalue weighted by Gasteiger charge is -2.04. The van der Waals surface area contributed by atoms with E-state index in [-0.39, 0.29) is 11.7 Å². The van der Waals surface area contributed by atoms with Crippen molar-refractivity contribution in [3.05, 3.63) is 81.8 Å². The van der Waals surface area contributed by atoms with E-state index >= 15 is 0 Å². The molecule has 0 spiro atoms. The molecule has 0 radical (unpaired) electrons. The van der Waals surface area contributed by atoms with Gasteiger partial charge in [0.05, 0.1) is 5.01 Å². The van der Waals surface area contributed by atoms with E-state index in [1.54, 1.807) is 12.1 Å². The van der Waals surface area contributed by atoms with E-state index in [0.717, 1.165) is 29.8 Å². The summed E-state index contributed by atoms with van der Waals surface area (Å²) in [5, 5.41) is 14.9. The minimum absolute atomic E-state index is 0.124. The third-order valence-corrected chi connectivity index (χ3v) is 4.70. The van der Waals surface area contributed by atoms with Crippen molar-refractivity contribution < 1.29 is 9.90 Å². The Labute approximate surface area is 151 Å². The van der Waals surface area contributed by atoms with E-state index in [1.807, 2.05) is 35.7 Å². The number of rotatable bonds is 7. The standard InChI is InChI=1S/C20H20N2O2S/c23-17-10-8-15(9-11-17)7-4-12-21-20(24)18-14-25-19(22-18)13-16-5-2-1-3-6-16/h1-3,5-6,8-11,14,23H,4,7,12-13H2,(H,21,24). The molecule has 1 aromatic heterocycles. The number of carbonyl (C=O) groups excluding carboxylic acids is 1. The molecular weight excluding hydrogens is 332 g/mol. The van der Waals surface area contributed by atoms with Crippen LogP contribution in [-0.4, -0.2) is 22.5 Å². The van der Waals surface area contributed by atoms with Gasteiger partial charge in [-0.15, -0.1) is 11.3 Å². The Morgan fingerprint density at radius 1 is 1.04 bits per heavy atom. The SMILES string of the molecule is O=C(NCCCc1ccc(O)cc1)c1csc(Cc2ccccc2)n1. The fourth-order valence-electron chi connectivity index (χ4n) is 2.51. The lowest BCUT2D eigenvalue weighted by Crippen LogP contribution is -2.25. The molecule has 0 bridgehead atoms. The summed E-state index contributed by atoms with van der Waals surface area (Å²) in [7, 11) is 0. The molecule has 0 saturated carbocycles. The summed E-state index contributed by atoms with van der Waals surface area (Å²) in [5.74, 6) is 0.146. The van der Waals surface area contributed by atoms with Crippen LogP contribution in [0.5, 0.6) is 5.75 Å². The second-order valence-electron chi connectivity index (χ2n) is 5.81. The Balaban J connectivity index is 1.44. The number of hydrogen-bond donors (Lipinski definition) is 2. The highest BCUT2D eigenvalue weighted by Crippen LogP contribution is 2.15. The van der Waals surface area contributed by atoms with E-state index < -0.39 is 0 Å². The molecule has 4 nitrogen and oxygen atoms in total. The first kappa shape index (κ1) is 17.2. The number of aromatic hydroxyl groups is 1. The molecule has 3 rings (SSSR count). The maximum Gasteiger partial charge on any atom is 0.270 e. The predicted molar refractivity (Wildman–Crippen MR) is 100 cm³/mol. The Bertz CT molecular complexity index is 813. The Kier molecular flexibility index (Phi) is 5.80. The van der Waals surface area contributed by atoms with Crippen molar-refractivity contribution in [3.8, 4) is 5.75 Å². The van der Waals surface area contributed by atoms with Crippen LogP contribution < -0.4 is 5.32 Å². The molecule has 0 unspecified atom stereocenters. The van der Waals surface area contributed by atoms with E-state index in [0.29, 0.717) is 12.2 Å². The number of nitrogens with one attached hydrogen (secondary N) is 1. The van der Waals surface area contributed by atoms with Crippen LogP contribution in [0.2, 0.25) is 0 Å². The molecule has 128 valence electrons. The zero-order chi connectivity index (χ0) is 17.5. The second kappa shape index (κ2) is 8.44. The summed E-state index contributed by atoms with van der Waals surface area (Å²) >= 11 is 1.51. The van der Waals surface area contributed by atoms with Crippen molar-refractivity contribution in [1.29, 1.82) is 0 Å². The summed E-state index contributed by atoms with van der Waals surface area (Å²) in [4.78, 5) is 16.6. The van der Waals surface area contributed by atoms with Crippen molar-refractivity contribution in [2.75, 3.05) is 6.54 Å². The number of aromatic nitrogens is 1. The molecule has 0 atom stereocenters. The maximum atomic E-state index is 12.2. The largest absolute Gasteiger partial charge is 0.508 e. The first-order valence-corrected chi connectivity index (χ1v) is 9.13. The molecule has 3 aromatic rings. The van der Waals surface area contributed by atoms with Crippen LogP contribution in [0, 0.1) is 0 Å². The van der Waals surface area contributed by atoms with E-state index in [1.165, 1.54) is 16.9 Å². The number of benzene rings is 2. The van der Waals surface area contributed by atoms with Crippen molar-refractivity contribution in [1.82, 2.24) is 10.3 Å². The van der Waals surface area contributed by atoms with Crippen molar-refractivity contribution in [3.63, 3.8) is 0 Å². The quantitative estimate of drug-likeness (QED) is 0.636. The number of hydrogen-bond acceptors (Lipinski definition) is 4. The third-order valence-electron chi connectivity index (χ3n) is 3.85. The van der Waals surface area contributed by atoms with Gasteiger partial charge in [-0.1, -0.05) is 42.5 Å². The maximum absolute atomic E-state index is 12.2. The van der Waals surface area contributed by atoms with Gasteiger partial charge >= 0.3 is 0 Å². The highest BCUT2D eigenvalue weighted by atomic mass is 32.1. The normalized spacial score (nSPS) is 10.6. The van der Waals surface area contributed by atoms with Crippen LogP contribution in [0.1, 0.15) is 33.0 Å². The van der Waals surface area contributed by atoms with Crippen molar-refractivity contribution in [2.24, 2.45) is 0 Å². The highest BCUT2D eigenvalue weighted by molar-refractivity contribution is 7.09. The Morgan fingerprint density at radius 2 is 1.80 bits per heavy atom. The van der Waals surface area contributed by atoms with Gasteiger partial charge in [-0.25, -0.2) is 4.98 Å². The van der Waals surface area contributed by atoms with Crippen LogP contribution in [-0.2, 0) is 12.8 Å². The molecule has 25 heavy (non-hydrogen) atoms. The molecule has 2 aromatic carbocycles. The average Bonchev–Trinajstić information content (AvgIpc) is 3.09. The lowest BCUT2D eigenvalue weighted by molar-refractivity contribution is 0.0949. The van der Waals surface area contributed by atoms with Crippen LogP contribution in [0.3, 0.4) is 0 Å². The summed E-state index contributed by atoms with van der Waals surface area (Å²) < 4.78 is 0. The van der Waals surface area contributed by atoms with Crippen LogP contribution >= 0.6 is 11.3 Å². The van der Waals surface area contributed by atoms with Crippen LogP contribution in [0.4, 0.5) is 0 Å². The van der Waals surface area contributed by atoms with E-state index in [2.05, 4.69) is 22.4 Å². The van der Waals surface area contributed by atoms with Gasteiger partial charge in [-0.2, -0.15) is 0 Å². The van der Waals surface area contributed by atoms with Gasteiger partial charge in [0.15, 0.2) is 0 Å². The summed E-state index contributed by atoms with van der Waals surface area (Å²) in [6, 6.07) is 17.3. The number of phenolic OH excluding ortho intramolecular Hbond substituents is 1. The molecule has 0 aliphatic rings. The van der Waals surface area contributed by atoms with Gasteiger partial charge in [0.25, 0.3) is 5.91 Å². The van der Waals surface area contributed by atoms with Gasteiger partial charge in [0, 0.05) is 18.3 Å². The molecular formula is C20H20N2O2S. The summed E-state index contributed by atoms with van der Waals surface area (Å²) in [6.45, 7) is 0.602. The lowest BCUT2D eigenvalue weighted by atomic mass is 10.1. The number of phenols is 1. The fraction of sp³-hybridized carbons (Fsp3) is 0.200. The topological polar surface area (TPSA) is 62.2 Å². The van der Waals surface area contributed by atoms with Gasteiger partial charge in [-0.05, 0) is 36.1 Å². The smallest absolute Gasteiger partial charge is 0.270 e. The predicted octanol–water partition coefficient (Wildman–Crippen LogP) is 3.80. The first-order valence-electron chi connectivity index (χ1n) is 8.25. The number of amides is 1. The minimum Gasteiger partial charge on any atom is -0.508 e. The molecule has 2 N–H and O–H groups in total. The number of thiazole rings is 1. The van der Waals surface area contributed by atoms with Crippen molar-refractivity contribution >= 4 is 17.2 Å². The minimum atomic E-state index is -0.124. The molecule has 5 heteroatoms. The molecule has 0 aliphatic carbocycles. The monoisotopic (exact) mass is 352 g/mol. The Morgan fingerprint density at radius 3 is 2.56 bits per heavy atom. The average molecular weight is 352 g/mol. The molecule has 1 amide bonds. The molecule has 0 saturated heterocycles. The van der Waals surface area contributed by atoms with E-state index in [4.69, 9.17) is 0 Å². The number of carbonyl (C=O) groups is 1.